The smallest absolute Gasteiger partial charge is 0.121 e. The zero-order valence-corrected chi connectivity index (χ0v) is 9.21. The fourth-order valence-corrected chi connectivity index (χ4v) is 1.37. The molecule has 0 saturated carbocycles. The molecule has 0 amide bonds. The molecule has 1 N–H and O–H groups in total. The third kappa shape index (κ3) is 2.49. The van der Waals surface area contributed by atoms with Crippen molar-refractivity contribution in [1.29, 1.82) is 5.26 Å². The number of benzene rings is 1. The van der Waals surface area contributed by atoms with E-state index in [9.17, 15) is 0 Å². The standard InChI is InChI=1S/C12H10N4O/c1-17-11-3-2-9(5-13)12(4-11)16-10-6-14-8-15-7-10/h2-4,6-8,16H,1H3. The minimum atomic E-state index is 0.537. The highest BCUT2D eigenvalue weighted by molar-refractivity contribution is 5.67. The lowest BCUT2D eigenvalue weighted by atomic mass is 10.2. The van der Waals surface area contributed by atoms with Crippen LogP contribution in [-0.2, 0) is 0 Å². The highest BCUT2D eigenvalue weighted by Crippen LogP contribution is 2.24. The van der Waals surface area contributed by atoms with E-state index in [1.54, 1.807) is 37.7 Å². The molecule has 0 fully saturated rings. The van der Waals surface area contributed by atoms with Crippen LogP contribution in [0.5, 0.6) is 5.75 Å². The number of hydrogen-bond acceptors (Lipinski definition) is 5. The minimum Gasteiger partial charge on any atom is -0.497 e. The number of nitrogens with zero attached hydrogens (tertiary/aromatic N) is 3. The molecule has 1 aromatic carbocycles. The molecule has 1 aromatic heterocycles. The molecule has 0 aliphatic heterocycles. The normalized spacial score (nSPS) is 9.41. The molecule has 2 aromatic rings. The Hall–Kier alpha value is -2.61. The predicted molar refractivity (Wildman–Crippen MR) is 63.0 cm³/mol. The van der Waals surface area contributed by atoms with Crippen molar-refractivity contribution in [2.45, 2.75) is 0 Å². The maximum atomic E-state index is 9.00. The second kappa shape index (κ2) is 4.94. The first-order valence-electron chi connectivity index (χ1n) is 4.93. The van der Waals surface area contributed by atoms with Gasteiger partial charge in [0.25, 0.3) is 0 Å². The minimum absolute atomic E-state index is 0.537. The van der Waals surface area contributed by atoms with Gasteiger partial charge in [0.1, 0.15) is 18.1 Å². The number of anilines is 2. The lowest BCUT2D eigenvalue weighted by molar-refractivity contribution is 0.415. The van der Waals surface area contributed by atoms with Gasteiger partial charge < -0.3 is 10.1 Å². The zero-order chi connectivity index (χ0) is 12.1. The van der Waals surface area contributed by atoms with Crippen molar-refractivity contribution < 1.29 is 4.74 Å². The number of nitriles is 1. The van der Waals surface area contributed by atoms with Crippen LogP contribution >= 0.6 is 0 Å². The summed E-state index contributed by atoms with van der Waals surface area (Å²) in [7, 11) is 1.58. The molecule has 0 atom stereocenters. The first kappa shape index (κ1) is 10.9. The van der Waals surface area contributed by atoms with Crippen molar-refractivity contribution in [3.63, 3.8) is 0 Å². The molecule has 0 unspecified atom stereocenters. The van der Waals surface area contributed by atoms with Crippen molar-refractivity contribution in [3.05, 3.63) is 42.5 Å². The molecule has 0 radical (unpaired) electrons. The average molecular weight is 226 g/mol. The molecule has 17 heavy (non-hydrogen) atoms. The van der Waals surface area contributed by atoms with Crippen LogP contribution in [0, 0.1) is 11.3 Å². The highest BCUT2D eigenvalue weighted by Gasteiger charge is 2.04. The molecule has 2 rings (SSSR count). The quantitative estimate of drug-likeness (QED) is 0.867. The number of methoxy groups -OCH3 is 1. The summed E-state index contributed by atoms with van der Waals surface area (Å²) in [5.74, 6) is 0.684. The summed E-state index contributed by atoms with van der Waals surface area (Å²) in [5, 5.41) is 12.1. The summed E-state index contributed by atoms with van der Waals surface area (Å²) in [6, 6.07) is 7.30. The topological polar surface area (TPSA) is 70.8 Å². The van der Waals surface area contributed by atoms with Gasteiger partial charge in [-0.25, -0.2) is 9.97 Å². The number of ether oxygens (including phenoxy) is 1. The Morgan fingerprint density at radius 2 is 2.06 bits per heavy atom. The van der Waals surface area contributed by atoms with Crippen LogP contribution in [-0.4, -0.2) is 17.1 Å². The number of hydrogen-bond donors (Lipinski definition) is 1. The number of aromatic nitrogens is 2. The Bertz CT molecular complexity index is 548. The zero-order valence-electron chi connectivity index (χ0n) is 9.21. The molecule has 84 valence electrons. The first-order valence-corrected chi connectivity index (χ1v) is 4.93. The molecular weight excluding hydrogens is 216 g/mol. The van der Waals surface area contributed by atoms with Crippen molar-refractivity contribution in [2.75, 3.05) is 12.4 Å². The molecule has 0 saturated heterocycles. The molecule has 0 aliphatic carbocycles. The summed E-state index contributed by atoms with van der Waals surface area (Å²) in [5.41, 5.74) is 1.92. The van der Waals surface area contributed by atoms with Crippen LogP contribution in [0.15, 0.2) is 36.9 Å². The van der Waals surface area contributed by atoms with Gasteiger partial charge in [0.05, 0.1) is 36.4 Å². The third-order valence-corrected chi connectivity index (χ3v) is 2.19. The molecular formula is C12H10N4O. The Balaban J connectivity index is 2.34. The SMILES string of the molecule is COc1ccc(C#N)c(Nc2cncnc2)c1. The Morgan fingerprint density at radius 1 is 1.29 bits per heavy atom. The number of rotatable bonds is 3. The Labute approximate surface area is 98.7 Å². The van der Waals surface area contributed by atoms with Gasteiger partial charge in [-0.15, -0.1) is 0 Å². The number of nitrogens with one attached hydrogen (secondary N) is 1. The van der Waals surface area contributed by atoms with E-state index in [4.69, 9.17) is 10.00 Å². The maximum Gasteiger partial charge on any atom is 0.121 e. The van der Waals surface area contributed by atoms with Crippen molar-refractivity contribution >= 4 is 11.4 Å². The summed E-state index contributed by atoms with van der Waals surface area (Å²) in [4.78, 5) is 7.78. The Morgan fingerprint density at radius 3 is 2.71 bits per heavy atom. The molecule has 0 spiro atoms. The molecule has 5 nitrogen and oxygen atoms in total. The van der Waals surface area contributed by atoms with Crippen LogP contribution in [0.2, 0.25) is 0 Å². The van der Waals surface area contributed by atoms with Crippen molar-refractivity contribution in [2.24, 2.45) is 0 Å². The summed E-state index contributed by atoms with van der Waals surface area (Å²) >= 11 is 0. The van der Waals surface area contributed by atoms with E-state index in [-0.39, 0.29) is 0 Å². The second-order valence-electron chi connectivity index (χ2n) is 3.28. The van der Waals surface area contributed by atoms with Gasteiger partial charge in [0, 0.05) is 6.07 Å². The van der Waals surface area contributed by atoms with Gasteiger partial charge in [0.15, 0.2) is 0 Å². The van der Waals surface area contributed by atoms with Crippen molar-refractivity contribution in [1.82, 2.24) is 9.97 Å². The van der Waals surface area contributed by atoms with E-state index in [1.165, 1.54) is 6.33 Å². The lowest BCUT2D eigenvalue weighted by Gasteiger charge is -2.09. The van der Waals surface area contributed by atoms with Gasteiger partial charge in [-0.3, -0.25) is 0 Å². The summed E-state index contributed by atoms with van der Waals surface area (Å²) in [6.07, 6.45) is 4.71. The monoisotopic (exact) mass is 226 g/mol. The van der Waals surface area contributed by atoms with E-state index in [1.807, 2.05) is 0 Å². The fourth-order valence-electron chi connectivity index (χ4n) is 1.37. The van der Waals surface area contributed by atoms with E-state index in [0.29, 0.717) is 17.0 Å². The summed E-state index contributed by atoms with van der Waals surface area (Å²) < 4.78 is 5.11. The Kier molecular flexibility index (Phi) is 3.17. The van der Waals surface area contributed by atoms with Crippen LogP contribution in [0.1, 0.15) is 5.56 Å². The molecule has 0 aliphatic rings. The maximum absolute atomic E-state index is 9.00. The van der Waals surface area contributed by atoms with Crippen molar-refractivity contribution in [3.8, 4) is 11.8 Å². The van der Waals surface area contributed by atoms with Crippen LogP contribution in [0.25, 0.3) is 0 Å². The third-order valence-electron chi connectivity index (χ3n) is 2.19. The van der Waals surface area contributed by atoms with E-state index in [2.05, 4.69) is 21.4 Å². The first-order chi connectivity index (χ1) is 8.33. The van der Waals surface area contributed by atoms with Crippen LogP contribution in [0.3, 0.4) is 0 Å². The van der Waals surface area contributed by atoms with E-state index < -0.39 is 0 Å². The van der Waals surface area contributed by atoms with E-state index >= 15 is 0 Å². The van der Waals surface area contributed by atoms with Gasteiger partial charge >= 0.3 is 0 Å². The second-order valence-corrected chi connectivity index (χ2v) is 3.28. The highest BCUT2D eigenvalue weighted by atomic mass is 16.5. The molecule has 5 heteroatoms. The van der Waals surface area contributed by atoms with E-state index in [0.717, 1.165) is 5.69 Å². The fraction of sp³-hybridized carbons (Fsp3) is 0.0833. The molecule has 0 bridgehead atoms. The van der Waals surface area contributed by atoms with Gasteiger partial charge in [-0.2, -0.15) is 5.26 Å². The van der Waals surface area contributed by atoms with Gasteiger partial charge in [0.2, 0.25) is 0 Å². The van der Waals surface area contributed by atoms with Gasteiger partial charge in [-0.1, -0.05) is 0 Å². The lowest BCUT2D eigenvalue weighted by Crippen LogP contribution is -1.95. The predicted octanol–water partition coefficient (Wildman–Crippen LogP) is 2.10. The molecule has 1 heterocycles. The largest absolute Gasteiger partial charge is 0.497 e. The summed E-state index contributed by atoms with van der Waals surface area (Å²) in [6.45, 7) is 0. The van der Waals surface area contributed by atoms with Crippen LogP contribution in [0.4, 0.5) is 11.4 Å². The van der Waals surface area contributed by atoms with Gasteiger partial charge in [-0.05, 0) is 12.1 Å². The average Bonchev–Trinajstić information content (AvgIpc) is 2.40. The van der Waals surface area contributed by atoms with Crippen LogP contribution < -0.4 is 10.1 Å².